The van der Waals surface area contributed by atoms with Crippen molar-refractivity contribution in [3.8, 4) is 0 Å². The fourth-order valence-corrected chi connectivity index (χ4v) is 6.29. The monoisotopic (exact) mass is 427 g/mol. The average molecular weight is 428 g/mol. The van der Waals surface area contributed by atoms with Crippen LogP contribution in [0.3, 0.4) is 0 Å². The molecular formula is C19H26ClN3O4S. The van der Waals surface area contributed by atoms with Gasteiger partial charge in [-0.15, -0.1) is 23.7 Å². The van der Waals surface area contributed by atoms with Gasteiger partial charge in [0.15, 0.2) is 5.60 Å². The van der Waals surface area contributed by atoms with E-state index in [2.05, 4.69) is 11.4 Å². The largest absolute Gasteiger partial charge is 0.439 e. The van der Waals surface area contributed by atoms with Crippen LogP contribution in [0, 0.1) is 0 Å². The van der Waals surface area contributed by atoms with Crippen LogP contribution in [-0.4, -0.2) is 73.8 Å². The van der Waals surface area contributed by atoms with E-state index in [1.54, 1.807) is 23.3 Å². The maximum absolute atomic E-state index is 13.2. The first kappa shape index (κ1) is 19.9. The number of fused-ring (bicyclic) bond motifs is 2. The molecule has 154 valence electrons. The lowest BCUT2D eigenvalue weighted by Gasteiger charge is -2.40. The second kappa shape index (κ2) is 7.16. The molecule has 0 saturated carbocycles. The number of carbonyl (C=O) groups excluding carboxylic acids is 2. The fourth-order valence-electron chi connectivity index (χ4n) is 4.91. The minimum atomic E-state index is -0.530. The number of ether oxygens (including phenoxy) is 2. The first-order valence-corrected chi connectivity index (χ1v) is 10.5. The predicted octanol–water partition coefficient (Wildman–Crippen LogP) is 1.99. The van der Waals surface area contributed by atoms with Gasteiger partial charge in [-0.25, -0.2) is 4.79 Å². The Morgan fingerprint density at radius 1 is 1.25 bits per heavy atom. The van der Waals surface area contributed by atoms with Crippen molar-refractivity contribution in [3.05, 3.63) is 21.4 Å². The summed E-state index contributed by atoms with van der Waals surface area (Å²) >= 11 is 1.61. The van der Waals surface area contributed by atoms with Crippen LogP contribution in [0.4, 0.5) is 4.79 Å². The smallest absolute Gasteiger partial charge is 0.410 e. The van der Waals surface area contributed by atoms with Crippen LogP contribution in [0.1, 0.15) is 39.4 Å². The number of likely N-dealkylation sites (tertiary alicyclic amines) is 1. The normalized spacial score (nSPS) is 28.4. The Morgan fingerprint density at radius 2 is 2.04 bits per heavy atom. The van der Waals surface area contributed by atoms with Crippen LogP contribution in [0.2, 0.25) is 0 Å². The number of likely N-dealkylation sites (N-methyl/N-ethyl adjacent to an activating group) is 1. The quantitative estimate of drug-likeness (QED) is 0.742. The van der Waals surface area contributed by atoms with Gasteiger partial charge < -0.3 is 24.6 Å². The van der Waals surface area contributed by atoms with E-state index in [4.69, 9.17) is 9.47 Å². The zero-order chi connectivity index (χ0) is 18.6. The van der Waals surface area contributed by atoms with E-state index in [9.17, 15) is 9.59 Å². The van der Waals surface area contributed by atoms with Crippen molar-refractivity contribution in [1.82, 2.24) is 15.1 Å². The summed E-state index contributed by atoms with van der Waals surface area (Å²) < 4.78 is 11.8. The van der Waals surface area contributed by atoms with Gasteiger partial charge in [0, 0.05) is 24.9 Å². The van der Waals surface area contributed by atoms with Crippen molar-refractivity contribution < 1.29 is 19.1 Å². The van der Waals surface area contributed by atoms with E-state index in [-0.39, 0.29) is 30.0 Å². The van der Waals surface area contributed by atoms with Crippen molar-refractivity contribution in [1.29, 1.82) is 0 Å². The summed E-state index contributed by atoms with van der Waals surface area (Å²) in [7, 11) is 1.74. The third-order valence-electron chi connectivity index (χ3n) is 6.34. The molecule has 1 atom stereocenters. The summed E-state index contributed by atoms with van der Waals surface area (Å²) in [6.45, 7) is 4.30. The molecule has 5 rings (SSSR count). The third-order valence-corrected chi connectivity index (χ3v) is 7.69. The molecular weight excluding hydrogens is 402 g/mol. The molecule has 28 heavy (non-hydrogen) atoms. The predicted molar refractivity (Wildman–Crippen MR) is 107 cm³/mol. The van der Waals surface area contributed by atoms with Gasteiger partial charge in [-0.2, -0.15) is 0 Å². The maximum atomic E-state index is 13.2. The van der Waals surface area contributed by atoms with E-state index in [0.717, 1.165) is 43.8 Å². The Kier molecular flexibility index (Phi) is 5.10. The number of halogens is 1. The van der Waals surface area contributed by atoms with Gasteiger partial charge in [0.1, 0.15) is 5.60 Å². The molecule has 1 aromatic rings. The summed E-state index contributed by atoms with van der Waals surface area (Å²) in [5.74, 6) is 0.0564. The van der Waals surface area contributed by atoms with Crippen molar-refractivity contribution in [2.75, 3.05) is 46.4 Å². The average Bonchev–Trinajstić information content (AvgIpc) is 3.34. The van der Waals surface area contributed by atoms with E-state index >= 15 is 0 Å². The minimum Gasteiger partial charge on any atom is -0.439 e. The molecule has 0 aliphatic carbocycles. The van der Waals surface area contributed by atoms with Gasteiger partial charge in [0.05, 0.1) is 24.6 Å². The highest BCUT2D eigenvalue weighted by atomic mass is 35.5. The highest BCUT2D eigenvalue weighted by Gasteiger charge is 2.50. The lowest BCUT2D eigenvalue weighted by molar-refractivity contribution is -0.0771. The molecule has 4 aliphatic rings. The van der Waals surface area contributed by atoms with Gasteiger partial charge in [0.25, 0.3) is 5.91 Å². The Bertz CT molecular complexity index is 794. The molecule has 4 aliphatic heterocycles. The van der Waals surface area contributed by atoms with Gasteiger partial charge in [-0.1, -0.05) is 0 Å². The molecule has 7 nitrogen and oxygen atoms in total. The zero-order valence-electron chi connectivity index (χ0n) is 16.0. The van der Waals surface area contributed by atoms with E-state index in [1.807, 2.05) is 4.90 Å². The van der Waals surface area contributed by atoms with E-state index < -0.39 is 5.60 Å². The summed E-state index contributed by atoms with van der Waals surface area (Å²) in [5.41, 5.74) is 0.535. The molecule has 0 radical (unpaired) electrons. The molecule has 2 spiro atoms. The van der Waals surface area contributed by atoms with Crippen molar-refractivity contribution in [3.63, 3.8) is 0 Å². The van der Waals surface area contributed by atoms with Crippen LogP contribution in [0.5, 0.6) is 0 Å². The fraction of sp³-hybridized carbons (Fsp3) is 0.684. The lowest BCUT2D eigenvalue weighted by atomic mass is 9.86. The lowest BCUT2D eigenvalue weighted by Crippen LogP contribution is -2.44. The summed E-state index contributed by atoms with van der Waals surface area (Å²) in [4.78, 5) is 30.4. The molecule has 5 heterocycles. The van der Waals surface area contributed by atoms with Crippen LogP contribution in [0.15, 0.2) is 6.07 Å². The maximum Gasteiger partial charge on any atom is 0.410 e. The van der Waals surface area contributed by atoms with Crippen LogP contribution < -0.4 is 5.32 Å². The second-order valence-electron chi connectivity index (χ2n) is 8.19. The molecule has 9 heteroatoms. The number of nitrogens with zero attached hydrogens (tertiary/aromatic N) is 2. The molecule has 1 unspecified atom stereocenters. The minimum absolute atomic E-state index is 0. The Morgan fingerprint density at radius 3 is 2.75 bits per heavy atom. The van der Waals surface area contributed by atoms with Crippen molar-refractivity contribution in [2.45, 2.75) is 36.9 Å². The molecule has 0 aromatic carbocycles. The number of hydrogen-bond acceptors (Lipinski definition) is 6. The molecule has 2 amide bonds. The molecule has 1 aromatic heterocycles. The molecule has 3 fully saturated rings. The number of thiophene rings is 1. The topological polar surface area (TPSA) is 71.1 Å². The first-order chi connectivity index (χ1) is 13.0. The van der Waals surface area contributed by atoms with Gasteiger partial charge in [0.2, 0.25) is 0 Å². The molecule has 0 bridgehead atoms. The highest BCUT2D eigenvalue weighted by Crippen LogP contribution is 2.45. The van der Waals surface area contributed by atoms with E-state index in [0.29, 0.717) is 26.1 Å². The number of piperidine rings is 1. The number of amides is 2. The summed E-state index contributed by atoms with van der Waals surface area (Å²) in [6.07, 6.45) is 3.21. The van der Waals surface area contributed by atoms with Crippen LogP contribution in [0.25, 0.3) is 0 Å². The molecule has 1 N–H and O–H groups in total. The van der Waals surface area contributed by atoms with Gasteiger partial charge >= 0.3 is 6.09 Å². The Labute approximate surface area is 174 Å². The number of carbonyl (C=O) groups is 2. The Balaban J connectivity index is 0.00000192. The second-order valence-corrected chi connectivity index (χ2v) is 9.24. The van der Waals surface area contributed by atoms with Crippen LogP contribution >= 0.6 is 23.7 Å². The summed E-state index contributed by atoms with van der Waals surface area (Å²) in [6, 6.07) is 2.08. The zero-order valence-corrected chi connectivity index (χ0v) is 17.6. The van der Waals surface area contributed by atoms with Crippen molar-refractivity contribution >= 4 is 35.7 Å². The van der Waals surface area contributed by atoms with Gasteiger partial charge in [-0.3, -0.25) is 4.79 Å². The number of hydrogen-bond donors (Lipinski definition) is 1. The van der Waals surface area contributed by atoms with E-state index in [1.165, 1.54) is 10.4 Å². The standard InChI is InChI=1S/C19H25N3O4S.ClH/c1-21-11-18(26-17(21)24)5-8-22(12-18)16(23)14-10-13-2-9-25-19(15(13)27-14)3-6-20-7-4-19;/h10,20H,2-9,11-12H2,1H3;1H. The van der Waals surface area contributed by atoms with Crippen LogP contribution in [-0.2, 0) is 21.5 Å². The SMILES string of the molecule is CN1CC2(CCN(C(=O)c3cc4c(s3)C3(CCNCC3)OCC4)C2)OC1=O.Cl. The number of nitrogens with one attached hydrogen (secondary N) is 1. The highest BCUT2D eigenvalue weighted by molar-refractivity contribution is 7.14. The van der Waals surface area contributed by atoms with Crippen molar-refractivity contribution in [2.24, 2.45) is 0 Å². The summed E-state index contributed by atoms with van der Waals surface area (Å²) in [5, 5.41) is 3.40. The third kappa shape index (κ3) is 3.10. The Hall–Kier alpha value is -1.35. The number of rotatable bonds is 1. The van der Waals surface area contributed by atoms with Gasteiger partial charge in [-0.05, 0) is 44.0 Å². The first-order valence-electron chi connectivity index (χ1n) is 9.72. The molecule has 3 saturated heterocycles.